The summed E-state index contributed by atoms with van der Waals surface area (Å²) >= 11 is 6.14. The van der Waals surface area contributed by atoms with E-state index in [1.807, 2.05) is 12.1 Å². The van der Waals surface area contributed by atoms with E-state index < -0.39 is 39.9 Å². The number of nitrogens with one attached hydrogen (secondary N) is 1. The van der Waals surface area contributed by atoms with Crippen LogP contribution in [0.25, 0.3) is 5.69 Å². The van der Waals surface area contributed by atoms with Crippen molar-refractivity contribution in [2.75, 3.05) is 10.8 Å². The van der Waals surface area contributed by atoms with Crippen LogP contribution in [0, 0.1) is 0 Å². The minimum Gasteiger partial charge on any atom is -0.350 e. The minimum absolute atomic E-state index is 0.0680. The van der Waals surface area contributed by atoms with E-state index in [9.17, 15) is 26.4 Å². The molecule has 7 nitrogen and oxygen atoms in total. The predicted molar refractivity (Wildman–Crippen MR) is 133 cm³/mol. The number of alkyl halides is 3. The molecule has 0 spiro atoms. The fourth-order valence-corrected chi connectivity index (χ4v) is 5.21. The van der Waals surface area contributed by atoms with Crippen molar-refractivity contribution in [2.24, 2.45) is 0 Å². The monoisotopic (exact) mass is 548 g/mol. The zero-order valence-corrected chi connectivity index (χ0v) is 20.6. The molecule has 0 aliphatic heterocycles. The number of aromatic nitrogens is 2. The summed E-state index contributed by atoms with van der Waals surface area (Å²) in [6.45, 7) is -0.718. The van der Waals surface area contributed by atoms with Gasteiger partial charge in [0.15, 0.2) is 0 Å². The van der Waals surface area contributed by atoms with Gasteiger partial charge >= 0.3 is 6.18 Å². The van der Waals surface area contributed by atoms with Crippen molar-refractivity contribution in [1.29, 1.82) is 0 Å². The molecule has 0 aliphatic rings. The number of benzene rings is 3. The lowest BCUT2D eigenvalue weighted by atomic mass is 10.2. The maximum atomic E-state index is 13.4. The first-order valence-corrected chi connectivity index (χ1v) is 12.7. The number of halogens is 4. The number of nitrogens with zero attached hydrogens (tertiary/aromatic N) is 3. The van der Waals surface area contributed by atoms with Gasteiger partial charge in [-0.3, -0.25) is 9.10 Å². The zero-order valence-electron chi connectivity index (χ0n) is 19.1. The number of anilines is 1. The van der Waals surface area contributed by atoms with Crippen molar-refractivity contribution < 1.29 is 26.4 Å². The Morgan fingerprint density at radius 3 is 2.35 bits per heavy atom. The number of rotatable bonds is 8. The smallest absolute Gasteiger partial charge is 0.350 e. The van der Waals surface area contributed by atoms with E-state index in [1.165, 1.54) is 24.3 Å². The Hall–Kier alpha value is -3.83. The van der Waals surface area contributed by atoms with Crippen molar-refractivity contribution in [2.45, 2.75) is 17.6 Å². The fourth-order valence-electron chi connectivity index (χ4n) is 3.48. The van der Waals surface area contributed by atoms with Gasteiger partial charge in [-0.2, -0.15) is 13.2 Å². The highest BCUT2D eigenvalue weighted by molar-refractivity contribution is 7.92. The van der Waals surface area contributed by atoms with Crippen LogP contribution < -0.4 is 9.62 Å². The van der Waals surface area contributed by atoms with Crippen LogP contribution in [0.1, 0.15) is 11.1 Å². The lowest BCUT2D eigenvalue weighted by Gasteiger charge is -2.26. The standard InChI is InChI=1S/C25H20ClF3N4O3S/c26-22-11-8-19(25(27,28)29)14-23(22)33(37(35,36)21-4-2-1-3-5-21)16-24(34)31-15-18-6-9-20(10-7-18)32-13-12-30-17-32/h1-14,17H,15-16H2,(H,31,34). The first-order valence-electron chi connectivity index (χ1n) is 10.8. The normalized spacial score (nSPS) is 11.8. The second-order valence-corrected chi connectivity index (χ2v) is 10.2. The Morgan fingerprint density at radius 1 is 1.03 bits per heavy atom. The van der Waals surface area contributed by atoms with Gasteiger partial charge in [0.05, 0.1) is 27.5 Å². The Balaban J connectivity index is 1.58. The van der Waals surface area contributed by atoms with Gasteiger partial charge in [-0.05, 0) is 48.0 Å². The van der Waals surface area contributed by atoms with Crippen molar-refractivity contribution in [1.82, 2.24) is 14.9 Å². The third-order valence-corrected chi connectivity index (χ3v) is 7.48. The number of carbonyl (C=O) groups is 1. The molecular weight excluding hydrogens is 529 g/mol. The molecule has 0 unspecified atom stereocenters. The van der Waals surface area contributed by atoms with Crippen LogP contribution >= 0.6 is 11.6 Å². The average Bonchev–Trinajstić information content (AvgIpc) is 3.42. The second kappa shape index (κ2) is 10.7. The molecule has 0 saturated heterocycles. The van der Waals surface area contributed by atoms with E-state index in [4.69, 9.17) is 11.6 Å². The summed E-state index contributed by atoms with van der Waals surface area (Å²) in [7, 11) is -4.44. The first-order chi connectivity index (χ1) is 17.6. The number of carbonyl (C=O) groups excluding carboxylic acids is 1. The van der Waals surface area contributed by atoms with Crippen LogP contribution in [0.15, 0.2) is 96.4 Å². The summed E-state index contributed by atoms with van der Waals surface area (Å²) < 4.78 is 69.3. The summed E-state index contributed by atoms with van der Waals surface area (Å²) in [6.07, 6.45) is 0.307. The average molecular weight is 549 g/mol. The molecular formula is C25H20ClF3N4O3S. The van der Waals surface area contributed by atoms with Gasteiger partial charge in [-0.1, -0.05) is 41.9 Å². The summed E-state index contributed by atoms with van der Waals surface area (Å²) in [5.74, 6) is -0.730. The summed E-state index contributed by atoms with van der Waals surface area (Å²) in [6, 6.07) is 16.6. The number of amides is 1. The number of sulfonamides is 1. The van der Waals surface area contributed by atoms with Crippen molar-refractivity contribution in [3.63, 3.8) is 0 Å². The third kappa shape index (κ3) is 6.12. The quantitative estimate of drug-likeness (QED) is 0.334. The molecule has 4 aromatic rings. The number of imidazole rings is 1. The lowest BCUT2D eigenvalue weighted by Crippen LogP contribution is -2.41. The summed E-state index contributed by atoms with van der Waals surface area (Å²) in [5.41, 5.74) is 0.0254. The third-order valence-electron chi connectivity index (χ3n) is 5.39. The first kappa shape index (κ1) is 26.2. The second-order valence-electron chi connectivity index (χ2n) is 7.90. The molecule has 0 fully saturated rings. The van der Waals surface area contributed by atoms with Gasteiger partial charge in [0.25, 0.3) is 10.0 Å². The van der Waals surface area contributed by atoms with Crippen LogP contribution in [-0.4, -0.2) is 30.4 Å². The molecule has 1 heterocycles. The van der Waals surface area contributed by atoms with E-state index in [1.54, 1.807) is 41.5 Å². The van der Waals surface area contributed by atoms with E-state index in [2.05, 4.69) is 10.3 Å². The predicted octanol–water partition coefficient (Wildman–Crippen LogP) is 5.06. The lowest BCUT2D eigenvalue weighted by molar-refractivity contribution is -0.137. The van der Waals surface area contributed by atoms with E-state index in [0.717, 1.165) is 23.4 Å². The maximum absolute atomic E-state index is 13.4. The van der Waals surface area contributed by atoms with Gasteiger partial charge in [0.1, 0.15) is 6.54 Å². The highest BCUT2D eigenvalue weighted by atomic mass is 35.5. The van der Waals surface area contributed by atoms with Crippen LogP contribution in [-0.2, 0) is 27.5 Å². The SMILES string of the molecule is O=C(CN(c1cc(C(F)(F)F)ccc1Cl)S(=O)(=O)c1ccccc1)NCc1ccc(-n2ccnc2)cc1. The van der Waals surface area contributed by atoms with Crippen LogP contribution in [0.4, 0.5) is 18.9 Å². The summed E-state index contributed by atoms with van der Waals surface area (Å²) in [5, 5.41) is 2.36. The Labute approximate surface area is 216 Å². The highest BCUT2D eigenvalue weighted by Gasteiger charge is 2.34. The molecule has 0 radical (unpaired) electrons. The molecule has 1 aromatic heterocycles. The van der Waals surface area contributed by atoms with Crippen molar-refractivity contribution in [3.05, 3.63) is 108 Å². The van der Waals surface area contributed by atoms with Gasteiger partial charge in [0, 0.05) is 24.6 Å². The molecule has 4 rings (SSSR count). The highest BCUT2D eigenvalue weighted by Crippen LogP contribution is 2.37. The van der Waals surface area contributed by atoms with Crippen molar-refractivity contribution in [3.8, 4) is 5.69 Å². The van der Waals surface area contributed by atoms with Crippen LogP contribution in [0.3, 0.4) is 0 Å². The molecule has 12 heteroatoms. The van der Waals surface area contributed by atoms with Gasteiger partial charge in [-0.25, -0.2) is 13.4 Å². The Morgan fingerprint density at radius 2 is 1.73 bits per heavy atom. The van der Waals surface area contributed by atoms with Crippen LogP contribution in [0.2, 0.25) is 5.02 Å². The molecule has 0 saturated carbocycles. The summed E-state index contributed by atoms with van der Waals surface area (Å²) in [4.78, 5) is 16.6. The Bertz CT molecular complexity index is 1480. The Kier molecular flexibility index (Phi) is 7.55. The molecule has 1 amide bonds. The zero-order chi connectivity index (χ0) is 26.6. The van der Waals surface area contributed by atoms with Crippen molar-refractivity contribution >= 4 is 33.2 Å². The molecule has 0 atom stereocenters. The van der Waals surface area contributed by atoms with Gasteiger partial charge in [0.2, 0.25) is 5.91 Å². The van der Waals surface area contributed by atoms with E-state index >= 15 is 0 Å². The fraction of sp³-hybridized carbons (Fsp3) is 0.120. The molecule has 0 bridgehead atoms. The number of hydrogen-bond donors (Lipinski definition) is 1. The molecule has 192 valence electrons. The molecule has 37 heavy (non-hydrogen) atoms. The maximum Gasteiger partial charge on any atom is 0.416 e. The topological polar surface area (TPSA) is 84.3 Å². The molecule has 3 aromatic carbocycles. The van der Waals surface area contributed by atoms with E-state index in [0.29, 0.717) is 10.4 Å². The van der Waals surface area contributed by atoms with E-state index in [-0.39, 0.29) is 16.5 Å². The van der Waals surface area contributed by atoms with Gasteiger partial charge < -0.3 is 9.88 Å². The largest absolute Gasteiger partial charge is 0.416 e. The number of hydrogen-bond acceptors (Lipinski definition) is 4. The minimum atomic E-state index is -4.74. The van der Waals surface area contributed by atoms with Crippen LogP contribution in [0.5, 0.6) is 0 Å². The molecule has 1 N–H and O–H groups in total. The van der Waals surface area contributed by atoms with Gasteiger partial charge in [-0.15, -0.1) is 0 Å². The molecule has 0 aliphatic carbocycles.